The van der Waals surface area contributed by atoms with E-state index in [0.717, 1.165) is 29.6 Å². The maximum absolute atomic E-state index is 13.9. The summed E-state index contributed by atoms with van der Waals surface area (Å²) >= 11 is 0. The van der Waals surface area contributed by atoms with Crippen molar-refractivity contribution >= 4 is 16.8 Å². The first-order valence-corrected chi connectivity index (χ1v) is 9.32. The topological polar surface area (TPSA) is 45.2 Å². The number of amides is 1. The summed E-state index contributed by atoms with van der Waals surface area (Å²) in [5.74, 6) is 0.415. The molecule has 0 spiro atoms. The molecule has 2 saturated heterocycles. The smallest absolute Gasteiger partial charge is 0.255 e. The number of para-hydroxylation sites is 1. The zero-order chi connectivity index (χ0) is 18.4. The lowest BCUT2D eigenvalue weighted by Crippen LogP contribution is -2.34. The third-order valence-electron chi connectivity index (χ3n) is 5.85. The van der Waals surface area contributed by atoms with Crippen molar-refractivity contribution in [2.45, 2.75) is 6.04 Å². The maximum Gasteiger partial charge on any atom is 0.255 e. The lowest BCUT2D eigenvalue weighted by atomic mass is 9.89. The zero-order valence-corrected chi connectivity index (χ0v) is 14.8. The van der Waals surface area contributed by atoms with Crippen LogP contribution in [0, 0.1) is 17.7 Å². The predicted octanol–water partition coefficient (Wildman–Crippen LogP) is 3.41. The van der Waals surface area contributed by atoms with E-state index in [-0.39, 0.29) is 17.8 Å². The Kier molecular flexibility index (Phi) is 3.90. The Balaban J connectivity index is 1.53. The highest BCUT2D eigenvalue weighted by molar-refractivity contribution is 5.97. The van der Waals surface area contributed by atoms with E-state index in [1.165, 1.54) is 6.07 Å². The van der Waals surface area contributed by atoms with Gasteiger partial charge < -0.3 is 10.2 Å². The van der Waals surface area contributed by atoms with Crippen molar-refractivity contribution in [3.05, 3.63) is 77.7 Å². The summed E-state index contributed by atoms with van der Waals surface area (Å²) in [6.45, 7) is 2.44. The molecule has 136 valence electrons. The van der Waals surface area contributed by atoms with Crippen molar-refractivity contribution in [1.29, 1.82) is 0 Å². The van der Waals surface area contributed by atoms with Gasteiger partial charge in [0.25, 0.3) is 5.91 Å². The molecule has 27 heavy (non-hydrogen) atoms. The van der Waals surface area contributed by atoms with Crippen LogP contribution in [-0.2, 0) is 0 Å². The van der Waals surface area contributed by atoms with Crippen molar-refractivity contribution in [3.8, 4) is 0 Å². The molecule has 3 atom stereocenters. The van der Waals surface area contributed by atoms with Crippen LogP contribution < -0.4 is 5.32 Å². The van der Waals surface area contributed by atoms with E-state index in [4.69, 9.17) is 0 Å². The highest BCUT2D eigenvalue weighted by Crippen LogP contribution is 2.43. The number of rotatable bonds is 2. The Hall–Kier alpha value is -2.79. The van der Waals surface area contributed by atoms with Crippen molar-refractivity contribution in [2.75, 3.05) is 19.6 Å². The van der Waals surface area contributed by atoms with E-state index in [1.807, 2.05) is 41.3 Å². The highest BCUT2D eigenvalue weighted by Gasteiger charge is 2.47. The Labute approximate surface area is 157 Å². The van der Waals surface area contributed by atoms with E-state index in [2.05, 4.69) is 10.3 Å². The Bertz CT molecular complexity index is 1020. The third-order valence-corrected chi connectivity index (χ3v) is 5.85. The normalized spacial score (nSPS) is 24.3. The van der Waals surface area contributed by atoms with Crippen molar-refractivity contribution in [2.24, 2.45) is 11.8 Å². The fourth-order valence-electron chi connectivity index (χ4n) is 4.60. The highest BCUT2D eigenvalue weighted by atomic mass is 19.1. The molecule has 5 rings (SSSR count). The molecule has 1 N–H and O–H groups in total. The van der Waals surface area contributed by atoms with Crippen molar-refractivity contribution in [1.82, 2.24) is 15.2 Å². The van der Waals surface area contributed by atoms with Gasteiger partial charge in [0.1, 0.15) is 5.82 Å². The molecule has 0 unspecified atom stereocenters. The molecule has 2 aliphatic rings. The number of pyridine rings is 1. The van der Waals surface area contributed by atoms with Gasteiger partial charge in [-0.3, -0.25) is 9.78 Å². The standard InChI is InChI=1S/C22H20FN3O/c23-18-6-3-5-15(9-18)21-19-12-24-10-17(19)13-26(21)22(27)16-8-14-4-1-2-7-20(14)25-11-16/h1-9,11,17,19,21,24H,10,12-13H2/t17-,19-,21+/m0/s1. The monoisotopic (exact) mass is 361 g/mol. The number of likely N-dealkylation sites (tertiary alicyclic amines) is 1. The molecule has 2 aromatic carbocycles. The molecule has 2 aliphatic heterocycles. The summed E-state index contributed by atoms with van der Waals surface area (Å²) in [4.78, 5) is 19.7. The summed E-state index contributed by atoms with van der Waals surface area (Å²) < 4.78 is 13.9. The number of fused-ring (bicyclic) bond motifs is 2. The zero-order valence-electron chi connectivity index (χ0n) is 14.8. The van der Waals surface area contributed by atoms with Crippen molar-refractivity contribution in [3.63, 3.8) is 0 Å². The molecule has 5 heteroatoms. The second-order valence-electron chi connectivity index (χ2n) is 7.46. The summed E-state index contributed by atoms with van der Waals surface area (Å²) in [7, 11) is 0. The summed E-state index contributed by atoms with van der Waals surface area (Å²) in [6.07, 6.45) is 1.65. The molecular formula is C22H20FN3O. The lowest BCUT2D eigenvalue weighted by molar-refractivity contribution is 0.0713. The molecular weight excluding hydrogens is 341 g/mol. The molecule has 0 saturated carbocycles. The predicted molar refractivity (Wildman–Crippen MR) is 102 cm³/mol. The molecule has 1 aromatic heterocycles. The van der Waals surface area contributed by atoms with Gasteiger partial charge in [0, 0.05) is 37.1 Å². The number of halogens is 1. The van der Waals surface area contributed by atoms with Crippen LogP contribution in [0.3, 0.4) is 0 Å². The Morgan fingerprint density at radius 2 is 2.00 bits per heavy atom. The molecule has 4 nitrogen and oxygen atoms in total. The van der Waals surface area contributed by atoms with E-state index < -0.39 is 0 Å². The van der Waals surface area contributed by atoms with E-state index in [1.54, 1.807) is 18.3 Å². The molecule has 3 heterocycles. The van der Waals surface area contributed by atoms with Crippen molar-refractivity contribution < 1.29 is 9.18 Å². The fourth-order valence-corrected chi connectivity index (χ4v) is 4.60. The number of benzene rings is 2. The van der Waals surface area contributed by atoms with Crippen LogP contribution in [0.2, 0.25) is 0 Å². The second-order valence-corrected chi connectivity index (χ2v) is 7.46. The van der Waals surface area contributed by atoms with Crippen LogP contribution in [-0.4, -0.2) is 35.4 Å². The fraction of sp³-hybridized carbons (Fsp3) is 0.273. The molecule has 2 fully saturated rings. The van der Waals surface area contributed by atoms with Gasteiger partial charge in [-0.15, -0.1) is 0 Å². The van der Waals surface area contributed by atoms with Gasteiger partial charge in [0.2, 0.25) is 0 Å². The molecule has 3 aromatic rings. The number of hydrogen-bond donors (Lipinski definition) is 1. The van der Waals surface area contributed by atoms with Gasteiger partial charge >= 0.3 is 0 Å². The van der Waals surface area contributed by atoms with Gasteiger partial charge in [-0.25, -0.2) is 4.39 Å². The SMILES string of the molecule is O=C(c1cnc2ccccc2c1)N1C[C@@H]2CNC[C@@H]2[C@H]1c1cccc(F)c1. The Morgan fingerprint density at radius 1 is 1.11 bits per heavy atom. The first kappa shape index (κ1) is 16.4. The van der Waals surface area contributed by atoms with Crippen LogP contribution in [0.5, 0.6) is 0 Å². The third kappa shape index (κ3) is 2.79. The maximum atomic E-state index is 13.9. The number of aromatic nitrogens is 1. The minimum Gasteiger partial charge on any atom is -0.331 e. The first-order valence-electron chi connectivity index (χ1n) is 9.32. The van der Waals surface area contributed by atoms with E-state index in [9.17, 15) is 9.18 Å². The van der Waals surface area contributed by atoms with Gasteiger partial charge in [0.15, 0.2) is 0 Å². The summed E-state index contributed by atoms with van der Waals surface area (Å²) in [5.41, 5.74) is 2.33. The Morgan fingerprint density at radius 3 is 2.89 bits per heavy atom. The number of carbonyl (C=O) groups is 1. The van der Waals surface area contributed by atoms with E-state index >= 15 is 0 Å². The first-order chi connectivity index (χ1) is 13.2. The van der Waals surface area contributed by atoms with E-state index in [0.29, 0.717) is 23.9 Å². The number of hydrogen-bond acceptors (Lipinski definition) is 3. The average molecular weight is 361 g/mol. The van der Waals surface area contributed by atoms with Crippen LogP contribution in [0.15, 0.2) is 60.8 Å². The molecule has 0 radical (unpaired) electrons. The average Bonchev–Trinajstić information content (AvgIpc) is 3.28. The number of carbonyl (C=O) groups excluding carboxylic acids is 1. The van der Waals surface area contributed by atoms with Crippen LogP contribution in [0.1, 0.15) is 22.0 Å². The summed E-state index contributed by atoms with van der Waals surface area (Å²) in [6, 6.07) is 16.2. The lowest BCUT2D eigenvalue weighted by Gasteiger charge is -2.28. The molecule has 0 aliphatic carbocycles. The number of nitrogens with zero attached hydrogens (tertiary/aromatic N) is 2. The second kappa shape index (κ2) is 6.43. The summed E-state index contributed by atoms with van der Waals surface area (Å²) in [5, 5.41) is 4.37. The van der Waals surface area contributed by atoms with Crippen LogP contribution in [0.4, 0.5) is 4.39 Å². The van der Waals surface area contributed by atoms with Gasteiger partial charge in [-0.1, -0.05) is 30.3 Å². The largest absolute Gasteiger partial charge is 0.331 e. The van der Waals surface area contributed by atoms with Gasteiger partial charge in [-0.05, 0) is 35.7 Å². The van der Waals surface area contributed by atoms with Gasteiger partial charge in [0.05, 0.1) is 17.1 Å². The number of nitrogens with one attached hydrogen (secondary N) is 1. The molecule has 1 amide bonds. The molecule has 0 bridgehead atoms. The van der Waals surface area contributed by atoms with Gasteiger partial charge in [-0.2, -0.15) is 0 Å². The quantitative estimate of drug-likeness (QED) is 0.761. The minimum absolute atomic E-state index is 0.0306. The van der Waals surface area contributed by atoms with Crippen LogP contribution >= 0.6 is 0 Å². The minimum atomic E-state index is -0.262. The van der Waals surface area contributed by atoms with Crippen LogP contribution in [0.25, 0.3) is 10.9 Å².